The van der Waals surface area contributed by atoms with E-state index >= 15 is 0 Å². The Hall–Kier alpha value is -0.180. The molecule has 0 aliphatic heterocycles. The minimum atomic E-state index is -2.64. The first-order chi connectivity index (χ1) is 7.53. The number of hydrogen-bond acceptors (Lipinski definition) is 1. The summed E-state index contributed by atoms with van der Waals surface area (Å²) in [6, 6.07) is -0.914. The highest BCUT2D eigenvalue weighted by Gasteiger charge is 2.46. The Balaban J connectivity index is 2.61. The molecule has 1 saturated carbocycles. The van der Waals surface area contributed by atoms with Gasteiger partial charge in [0.2, 0.25) is 0 Å². The molecule has 0 amide bonds. The lowest BCUT2D eigenvalue weighted by Crippen LogP contribution is -2.51. The number of unbranched alkanes of at least 4 members (excludes halogenated alkanes) is 1. The molecule has 0 aromatic rings. The van der Waals surface area contributed by atoms with Gasteiger partial charge in [0, 0.05) is 6.42 Å². The standard InChI is InChI=1S/C13H25F2N/c1-3-5-7-10(4-2)11-8-6-9-13(14,15)12(11)16/h10-12H,3-9,16H2,1-2H3. The Kier molecular flexibility index (Phi) is 5.16. The second kappa shape index (κ2) is 5.95. The fraction of sp³-hybridized carbons (Fsp3) is 1.00. The van der Waals surface area contributed by atoms with Crippen LogP contribution in [0.1, 0.15) is 58.8 Å². The SMILES string of the molecule is CCCCC(CC)C1CCCC(F)(F)C1N. The smallest absolute Gasteiger partial charge is 0.263 e. The van der Waals surface area contributed by atoms with E-state index in [4.69, 9.17) is 5.73 Å². The maximum Gasteiger partial charge on any atom is 0.263 e. The van der Waals surface area contributed by atoms with E-state index in [-0.39, 0.29) is 12.3 Å². The first-order valence-electron chi connectivity index (χ1n) is 6.66. The normalized spacial score (nSPS) is 31.3. The lowest BCUT2D eigenvalue weighted by Gasteiger charge is -2.39. The molecule has 1 aliphatic carbocycles. The van der Waals surface area contributed by atoms with Crippen LogP contribution in [0, 0.1) is 11.8 Å². The van der Waals surface area contributed by atoms with Crippen LogP contribution in [0.15, 0.2) is 0 Å². The molecule has 1 rings (SSSR count). The molecular formula is C13H25F2N. The Bertz CT molecular complexity index is 206. The van der Waals surface area contributed by atoms with Gasteiger partial charge in [0.1, 0.15) is 0 Å². The predicted molar refractivity (Wildman–Crippen MR) is 63.6 cm³/mol. The summed E-state index contributed by atoms with van der Waals surface area (Å²) in [6.45, 7) is 4.24. The molecule has 16 heavy (non-hydrogen) atoms. The van der Waals surface area contributed by atoms with Crippen LogP contribution in [0.2, 0.25) is 0 Å². The number of nitrogens with two attached hydrogens (primary N) is 1. The molecule has 3 unspecified atom stereocenters. The average Bonchev–Trinajstić information content (AvgIpc) is 2.25. The van der Waals surface area contributed by atoms with E-state index in [1.807, 2.05) is 0 Å². The van der Waals surface area contributed by atoms with Gasteiger partial charge in [-0.15, -0.1) is 0 Å². The van der Waals surface area contributed by atoms with Gasteiger partial charge in [-0.25, -0.2) is 8.78 Å². The zero-order valence-electron chi connectivity index (χ0n) is 10.5. The molecule has 3 heteroatoms. The molecule has 0 aromatic carbocycles. The molecule has 3 atom stereocenters. The van der Waals surface area contributed by atoms with Crippen LogP contribution >= 0.6 is 0 Å². The minimum Gasteiger partial charge on any atom is -0.322 e. The van der Waals surface area contributed by atoms with Crippen molar-refractivity contribution in [2.24, 2.45) is 17.6 Å². The third kappa shape index (κ3) is 3.16. The molecule has 0 aromatic heterocycles. The van der Waals surface area contributed by atoms with Gasteiger partial charge < -0.3 is 5.73 Å². The van der Waals surface area contributed by atoms with E-state index in [9.17, 15) is 8.78 Å². The van der Waals surface area contributed by atoms with Crippen molar-refractivity contribution in [2.45, 2.75) is 70.8 Å². The van der Waals surface area contributed by atoms with Crippen LogP contribution in [0.25, 0.3) is 0 Å². The quantitative estimate of drug-likeness (QED) is 0.764. The maximum absolute atomic E-state index is 13.5. The molecule has 0 radical (unpaired) electrons. The van der Waals surface area contributed by atoms with Crippen molar-refractivity contribution in [3.05, 3.63) is 0 Å². The molecule has 0 heterocycles. The molecule has 0 bridgehead atoms. The van der Waals surface area contributed by atoms with Crippen molar-refractivity contribution in [3.8, 4) is 0 Å². The van der Waals surface area contributed by atoms with Gasteiger partial charge in [-0.1, -0.05) is 39.5 Å². The third-order valence-corrected chi connectivity index (χ3v) is 4.05. The van der Waals surface area contributed by atoms with Crippen molar-refractivity contribution in [2.75, 3.05) is 0 Å². The summed E-state index contributed by atoms with van der Waals surface area (Å²) in [5.74, 6) is -2.22. The summed E-state index contributed by atoms with van der Waals surface area (Å²) in [6.07, 6.45) is 5.81. The van der Waals surface area contributed by atoms with Gasteiger partial charge >= 0.3 is 0 Å². The van der Waals surface area contributed by atoms with Gasteiger partial charge in [-0.05, 0) is 24.7 Å². The van der Waals surface area contributed by atoms with Crippen LogP contribution in [0.5, 0.6) is 0 Å². The van der Waals surface area contributed by atoms with E-state index in [1.54, 1.807) is 0 Å². The summed E-state index contributed by atoms with van der Waals surface area (Å²) in [7, 11) is 0. The topological polar surface area (TPSA) is 26.0 Å². The van der Waals surface area contributed by atoms with Gasteiger partial charge in [0.25, 0.3) is 5.92 Å². The van der Waals surface area contributed by atoms with Gasteiger partial charge in [0.05, 0.1) is 6.04 Å². The lowest BCUT2D eigenvalue weighted by molar-refractivity contribution is -0.0828. The largest absolute Gasteiger partial charge is 0.322 e. The zero-order valence-corrected chi connectivity index (χ0v) is 10.5. The molecule has 0 saturated heterocycles. The van der Waals surface area contributed by atoms with Crippen LogP contribution in [0.4, 0.5) is 8.78 Å². The Morgan fingerprint density at radius 3 is 2.62 bits per heavy atom. The Labute approximate surface area is 97.8 Å². The first-order valence-corrected chi connectivity index (χ1v) is 6.66. The zero-order chi connectivity index (χ0) is 12.2. The van der Waals surface area contributed by atoms with E-state index in [0.29, 0.717) is 12.3 Å². The van der Waals surface area contributed by atoms with Crippen molar-refractivity contribution in [3.63, 3.8) is 0 Å². The third-order valence-electron chi connectivity index (χ3n) is 4.05. The second-order valence-electron chi connectivity index (χ2n) is 5.15. The van der Waals surface area contributed by atoms with Gasteiger partial charge in [-0.2, -0.15) is 0 Å². The fourth-order valence-corrected chi connectivity index (χ4v) is 2.95. The van der Waals surface area contributed by atoms with Crippen LogP contribution < -0.4 is 5.73 Å². The van der Waals surface area contributed by atoms with Crippen LogP contribution in [-0.2, 0) is 0 Å². The van der Waals surface area contributed by atoms with Crippen molar-refractivity contribution in [1.82, 2.24) is 0 Å². The minimum absolute atomic E-state index is 0.0190. The summed E-state index contributed by atoms with van der Waals surface area (Å²) in [5.41, 5.74) is 5.75. The van der Waals surface area contributed by atoms with Crippen LogP contribution in [0.3, 0.4) is 0 Å². The Morgan fingerprint density at radius 1 is 1.38 bits per heavy atom. The van der Waals surface area contributed by atoms with Gasteiger partial charge in [0.15, 0.2) is 0 Å². The predicted octanol–water partition coefficient (Wildman–Crippen LogP) is 3.97. The van der Waals surface area contributed by atoms with Crippen molar-refractivity contribution < 1.29 is 8.78 Å². The molecular weight excluding hydrogens is 208 g/mol. The molecule has 0 spiro atoms. The summed E-state index contributed by atoms with van der Waals surface area (Å²) >= 11 is 0. The van der Waals surface area contributed by atoms with Gasteiger partial charge in [-0.3, -0.25) is 0 Å². The molecule has 96 valence electrons. The monoisotopic (exact) mass is 233 g/mol. The highest BCUT2D eigenvalue weighted by Crippen LogP contribution is 2.41. The fourth-order valence-electron chi connectivity index (χ4n) is 2.95. The van der Waals surface area contributed by atoms with E-state index < -0.39 is 12.0 Å². The van der Waals surface area contributed by atoms with E-state index in [0.717, 1.165) is 32.1 Å². The summed E-state index contributed by atoms with van der Waals surface area (Å²) in [4.78, 5) is 0. The number of alkyl halides is 2. The second-order valence-corrected chi connectivity index (χ2v) is 5.15. The number of hydrogen-bond donors (Lipinski definition) is 1. The molecule has 1 aliphatic rings. The average molecular weight is 233 g/mol. The molecule has 1 nitrogen and oxygen atoms in total. The van der Waals surface area contributed by atoms with E-state index in [2.05, 4.69) is 13.8 Å². The van der Waals surface area contributed by atoms with Crippen molar-refractivity contribution >= 4 is 0 Å². The summed E-state index contributed by atoms with van der Waals surface area (Å²) in [5, 5.41) is 0. The molecule has 1 fully saturated rings. The number of halogens is 2. The Morgan fingerprint density at radius 2 is 2.06 bits per heavy atom. The van der Waals surface area contributed by atoms with Crippen molar-refractivity contribution in [1.29, 1.82) is 0 Å². The lowest BCUT2D eigenvalue weighted by atomic mass is 9.72. The summed E-state index contributed by atoms with van der Waals surface area (Å²) < 4.78 is 27.1. The number of rotatable bonds is 5. The first kappa shape index (κ1) is 13.9. The highest BCUT2D eigenvalue weighted by molar-refractivity contribution is 4.93. The highest BCUT2D eigenvalue weighted by atomic mass is 19.3. The van der Waals surface area contributed by atoms with E-state index in [1.165, 1.54) is 0 Å². The molecule has 2 N–H and O–H groups in total. The maximum atomic E-state index is 13.5. The van der Waals surface area contributed by atoms with Crippen LogP contribution in [-0.4, -0.2) is 12.0 Å².